The molecule has 1 unspecified atom stereocenters. The van der Waals surface area contributed by atoms with Crippen LogP contribution in [0.2, 0.25) is 0 Å². The van der Waals surface area contributed by atoms with E-state index in [1.54, 1.807) is 17.3 Å². The highest BCUT2D eigenvalue weighted by Gasteiger charge is 2.49. The van der Waals surface area contributed by atoms with Gasteiger partial charge in [-0.05, 0) is 6.92 Å². The maximum Gasteiger partial charge on any atom is 0.248 e. The summed E-state index contributed by atoms with van der Waals surface area (Å²) in [5.74, 6) is 0.554. The normalized spacial score (nSPS) is 23.2. The van der Waals surface area contributed by atoms with Gasteiger partial charge in [0.15, 0.2) is 0 Å². The molecule has 7 nitrogen and oxygen atoms in total. The van der Waals surface area contributed by atoms with Gasteiger partial charge in [-0.25, -0.2) is 4.98 Å². The highest BCUT2D eigenvalue weighted by atomic mass is 16.5. The molecule has 0 aromatic carbocycles. The zero-order valence-corrected chi connectivity index (χ0v) is 12.9. The van der Waals surface area contributed by atoms with Crippen LogP contribution in [0.5, 0.6) is 5.88 Å². The first-order chi connectivity index (χ1) is 10.6. The zero-order chi connectivity index (χ0) is 15.6. The summed E-state index contributed by atoms with van der Waals surface area (Å²) in [6.45, 7) is 3.85. The molecule has 0 saturated carbocycles. The van der Waals surface area contributed by atoms with Crippen molar-refractivity contribution in [1.82, 2.24) is 14.9 Å². The number of hydrogen-bond acceptors (Lipinski definition) is 6. The van der Waals surface area contributed by atoms with Gasteiger partial charge in [-0.2, -0.15) is 0 Å². The second-order valence-electron chi connectivity index (χ2n) is 5.95. The van der Waals surface area contributed by atoms with Gasteiger partial charge in [0.25, 0.3) is 0 Å². The third kappa shape index (κ3) is 3.20. The topological polar surface area (TPSA) is 73.8 Å². The van der Waals surface area contributed by atoms with Gasteiger partial charge in [-0.3, -0.25) is 9.78 Å². The first-order valence-electron chi connectivity index (χ1n) is 7.46. The van der Waals surface area contributed by atoms with Crippen molar-refractivity contribution in [1.29, 1.82) is 0 Å². The van der Waals surface area contributed by atoms with Gasteiger partial charge in [0, 0.05) is 26.1 Å². The third-order valence-corrected chi connectivity index (χ3v) is 4.05. The zero-order valence-electron chi connectivity index (χ0n) is 12.9. The Morgan fingerprint density at radius 2 is 2.32 bits per heavy atom. The van der Waals surface area contributed by atoms with Crippen LogP contribution in [0.15, 0.2) is 12.4 Å². The standard InChI is InChI=1S/C15H21N3O4/c1-11-6-16-7-13(17-11)22-12-3-4-21-15(5-12)9-18(10-15)14(19)8-20-2/h6-7,12H,3-5,8-10H2,1-2H3. The number of ether oxygens (including phenoxy) is 3. The van der Waals surface area contributed by atoms with E-state index in [0.717, 1.165) is 18.5 Å². The lowest BCUT2D eigenvalue weighted by molar-refractivity contribution is -0.195. The van der Waals surface area contributed by atoms with Crippen molar-refractivity contribution in [3.63, 3.8) is 0 Å². The predicted molar refractivity (Wildman–Crippen MR) is 77.6 cm³/mol. The SMILES string of the molecule is COCC(=O)N1CC2(CC(Oc3cncc(C)n3)CCO2)C1. The Hall–Kier alpha value is -1.73. The quantitative estimate of drug-likeness (QED) is 0.810. The van der Waals surface area contributed by atoms with Crippen LogP contribution < -0.4 is 4.74 Å². The number of hydrogen-bond donors (Lipinski definition) is 0. The van der Waals surface area contributed by atoms with Crippen molar-refractivity contribution < 1.29 is 19.0 Å². The molecule has 120 valence electrons. The number of aryl methyl sites for hydroxylation is 1. The maximum atomic E-state index is 11.8. The van der Waals surface area contributed by atoms with Crippen molar-refractivity contribution in [2.75, 3.05) is 33.4 Å². The molecule has 0 bridgehead atoms. The van der Waals surface area contributed by atoms with Crippen LogP contribution in [0.1, 0.15) is 18.5 Å². The smallest absolute Gasteiger partial charge is 0.248 e. The molecule has 2 aliphatic heterocycles. The number of carbonyl (C=O) groups is 1. The van der Waals surface area contributed by atoms with E-state index >= 15 is 0 Å². The highest BCUT2D eigenvalue weighted by molar-refractivity contribution is 5.78. The summed E-state index contributed by atoms with van der Waals surface area (Å²) in [4.78, 5) is 21.9. The molecule has 1 atom stereocenters. The minimum Gasteiger partial charge on any atom is -0.473 e. The maximum absolute atomic E-state index is 11.8. The second kappa shape index (κ2) is 6.18. The Labute approximate surface area is 129 Å². The van der Waals surface area contributed by atoms with Crippen molar-refractivity contribution in [3.05, 3.63) is 18.1 Å². The van der Waals surface area contributed by atoms with Crippen LogP contribution in [-0.2, 0) is 14.3 Å². The van der Waals surface area contributed by atoms with Gasteiger partial charge in [-0.1, -0.05) is 0 Å². The highest BCUT2D eigenvalue weighted by Crippen LogP contribution is 2.35. The molecule has 1 aromatic heterocycles. The number of nitrogens with zero attached hydrogens (tertiary/aromatic N) is 3. The third-order valence-electron chi connectivity index (χ3n) is 4.05. The lowest BCUT2D eigenvalue weighted by Crippen LogP contribution is -2.68. The fraction of sp³-hybridized carbons (Fsp3) is 0.667. The Bertz CT molecular complexity index is 545. The number of carbonyl (C=O) groups excluding carboxylic acids is 1. The molecule has 22 heavy (non-hydrogen) atoms. The summed E-state index contributed by atoms with van der Waals surface area (Å²) in [6.07, 6.45) is 4.96. The Balaban J connectivity index is 1.56. The molecule has 7 heteroatoms. The Kier molecular flexibility index (Phi) is 4.26. The van der Waals surface area contributed by atoms with Gasteiger partial charge in [0.1, 0.15) is 18.3 Å². The average Bonchev–Trinajstić information content (AvgIpc) is 2.45. The molecular weight excluding hydrogens is 286 g/mol. The molecule has 1 spiro atoms. The van der Waals surface area contributed by atoms with Crippen molar-refractivity contribution >= 4 is 5.91 Å². The van der Waals surface area contributed by atoms with Gasteiger partial charge < -0.3 is 19.1 Å². The van der Waals surface area contributed by atoms with E-state index in [0.29, 0.717) is 25.6 Å². The van der Waals surface area contributed by atoms with Crippen molar-refractivity contribution in [2.45, 2.75) is 31.5 Å². The molecule has 3 heterocycles. The van der Waals surface area contributed by atoms with E-state index in [4.69, 9.17) is 14.2 Å². The summed E-state index contributed by atoms with van der Waals surface area (Å²) >= 11 is 0. The van der Waals surface area contributed by atoms with Gasteiger partial charge in [0.05, 0.1) is 31.6 Å². The molecule has 2 fully saturated rings. The van der Waals surface area contributed by atoms with Crippen molar-refractivity contribution in [3.8, 4) is 5.88 Å². The van der Waals surface area contributed by atoms with Gasteiger partial charge in [-0.15, -0.1) is 0 Å². The number of aromatic nitrogens is 2. The summed E-state index contributed by atoms with van der Waals surface area (Å²) in [5.41, 5.74) is 0.558. The summed E-state index contributed by atoms with van der Waals surface area (Å²) in [5, 5.41) is 0. The molecule has 1 amide bonds. The molecule has 2 saturated heterocycles. The Morgan fingerprint density at radius 1 is 1.50 bits per heavy atom. The lowest BCUT2D eigenvalue weighted by Gasteiger charge is -2.52. The number of amides is 1. The number of likely N-dealkylation sites (tertiary alicyclic amines) is 1. The van der Waals surface area contributed by atoms with Gasteiger partial charge >= 0.3 is 0 Å². The van der Waals surface area contributed by atoms with E-state index in [1.807, 2.05) is 6.92 Å². The van der Waals surface area contributed by atoms with E-state index < -0.39 is 0 Å². The first-order valence-corrected chi connectivity index (χ1v) is 7.46. The van der Waals surface area contributed by atoms with Crippen LogP contribution in [-0.4, -0.2) is 65.9 Å². The minimum atomic E-state index is -0.274. The van der Waals surface area contributed by atoms with Crippen LogP contribution in [0, 0.1) is 6.92 Å². The number of methoxy groups -OCH3 is 1. The molecule has 2 aliphatic rings. The summed E-state index contributed by atoms with van der Waals surface area (Å²) in [7, 11) is 1.53. The predicted octanol–water partition coefficient (Wildman–Crippen LogP) is 0.570. The van der Waals surface area contributed by atoms with Crippen LogP contribution in [0.4, 0.5) is 0 Å². The average molecular weight is 307 g/mol. The summed E-state index contributed by atoms with van der Waals surface area (Å²) < 4.78 is 16.7. The van der Waals surface area contributed by atoms with Crippen LogP contribution in [0.3, 0.4) is 0 Å². The lowest BCUT2D eigenvalue weighted by atomic mass is 9.84. The van der Waals surface area contributed by atoms with E-state index in [2.05, 4.69) is 9.97 Å². The Morgan fingerprint density at radius 3 is 3.05 bits per heavy atom. The molecule has 1 aromatic rings. The van der Waals surface area contributed by atoms with E-state index in [-0.39, 0.29) is 24.2 Å². The molecule has 3 rings (SSSR count). The summed E-state index contributed by atoms with van der Waals surface area (Å²) in [6, 6.07) is 0. The molecule has 0 aliphatic carbocycles. The molecule has 0 N–H and O–H groups in total. The van der Waals surface area contributed by atoms with E-state index in [1.165, 1.54) is 7.11 Å². The van der Waals surface area contributed by atoms with Crippen LogP contribution >= 0.6 is 0 Å². The second-order valence-corrected chi connectivity index (χ2v) is 5.95. The molecular formula is C15H21N3O4. The number of rotatable bonds is 4. The van der Waals surface area contributed by atoms with Crippen LogP contribution in [0.25, 0.3) is 0 Å². The first kappa shape index (κ1) is 15.2. The minimum absolute atomic E-state index is 0.00400. The monoisotopic (exact) mass is 307 g/mol. The largest absolute Gasteiger partial charge is 0.473 e. The fourth-order valence-corrected chi connectivity index (χ4v) is 3.01. The fourth-order valence-electron chi connectivity index (χ4n) is 3.01. The van der Waals surface area contributed by atoms with Crippen molar-refractivity contribution in [2.24, 2.45) is 0 Å². The van der Waals surface area contributed by atoms with Gasteiger partial charge in [0.2, 0.25) is 11.8 Å². The molecule has 0 radical (unpaired) electrons. The van der Waals surface area contributed by atoms with E-state index in [9.17, 15) is 4.79 Å².